The highest BCUT2D eigenvalue weighted by Gasteiger charge is 2.39. The Balaban J connectivity index is 0.000000122. The fraction of sp³-hybridized carbons (Fsp3) is 0.0374. The molecule has 0 bridgehead atoms. The maximum atomic E-state index is 4.69. The lowest BCUT2D eigenvalue weighted by Gasteiger charge is -2.30. The zero-order valence-electron chi connectivity index (χ0n) is 68.4. The Kier molecular flexibility index (Phi) is 25.5. The van der Waals surface area contributed by atoms with E-state index in [2.05, 4.69) is 390 Å². The molecule has 15 heteroatoms. The van der Waals surface area contributed by atoms with Crippen LogP contribution in [0.3, 0.4) is 0 Å². The van der Waals surface area contributed by atoms with Gasteiger partial charge in [-0.15, -0.1) is 0 Å². The molecule has 0 saturated heterocycles. The first-order valence-corrected chi connectivity index (χ1v) is 50.9. The molecule has 19 aromatic rings. The third-order valence-electron chi connectivity index (χ3n) is 23.0. The van der Waals surface area contributed by atoms with Crippen LogP contribution in [0.25, 0.3) is 79.3 Å². The normalized spacial score (nSPS) is 11.3. The first-order chi connectivity index (χ1) is 60.0. The number of hydrogen-bond donors (Lipinski definition) is 0. The molecule has 0 N–H and O–H groups in total. The van der Waals surface area contributed by atoms with E-state index in [9.17, 15) is 0 Å². The Bertz CT molecular complexity index is 6020. The zero-order chi connectivity index (χ0) is 83.2. The van der Waals surface area contributed by atoms with Crippen molar-refractivity contribution >= 4 is 94.5 Å². The highest BCUT2D eigenvalue weighted by Crippen LogP contribution is 2.25. The fourth-order valence-electron chi connectivity index (χ4n) is 16.0. The van der Waals surface area contributed by atoms with Crippen LogP contribution in [0.15, 0.2) is 469 Å². The van der Waals surface area contributed by atoms with E-state index in [1.807, 2.05) is 141 Å². The quantitative estimate of drug-likeness (QED) is 0.0714. The Morgan fingerprint density at radius 3 is 0.459 bits per heavy atom. The molecule has 0 aliphatic rings. The molecule has 0 amide bonds. The van der Waals surface area contributed by atoms with E-state index >= 15 is 0 Å². The van der Waals surface area contributed by atoms with Gasteiger partial charge in [-0.25, -0.2) is 0 Å². The SMILES string of the molecule is C[Si](c1ccccc1)(c1ccccc1)c1ccnc(-c2ccccc2)c1.C[Si](c1ccccc1)(c1ccccc1)c1ccnc(-c2ccccn2)c1.C[Si](c1ccccc1)(c1ccnc(-c2ccccc2)c1)c1ccnc(-c2ccccc2)c1.C[Si](c1ccnc(-c2ccccn2)c1)(c1ccnc(-c2ccccn2)c1)c1ccnc(-c2ccccn2)c1. The lowest BCUT2D eigenvalue weighted by atomic mass is 10.1. The minimum Gasteiger partial charge on any atom is -0.256 e. The highest BCUT2D eigenvalue weighted by molar-refractivity contribution is 7.12. The third kappa shape index (κ3) is 18.1. The molecule has 0 aliphatic carbocycles. The maximum Gasteiger partial charge on any atom is 0.145 e. The van der Waals surface area contributed by atoms with E-state index in [0.717, 1.165) is 79.3 Å². The van der Waals surface area contributed by atoms with Gasteiger partial charge < -0.3 is 0 Å². The van der Waals surface area contributed by atoms with Gasteiger partial charge in [-0.1, -0.05) is 293 Å². The van der Waals surface area contributed by atoms with Crippen molar-refractivity contribution in [3.05, 3.63) is 469 Å². The van der Waals surface area contributed by atoms with E-state index in [1.54, 1.807) is 18.6 Å². The van der Waals surface area contributed by atoms with Crippen LogP contribution in [-0.4, -0.2) is 87.1 Å². The lowest BCUT2D eigenvalue weighted by molar-refractivity contribution is 1.25. The Morgan fingerprint density at radius 2 is 0.270 bits per heavy atom. The summed E-state index contributed by atoms with van der Waals surface area (Å²) in [5, 5.41) is 16.0. The largest absolute Gasteiger partial charge is 0.256 e. The topological polar surface area (TPSA) is 142 Å². The molecule has 0 fully saturated rings. The van der Waals surface area contributed by atoms with Gasteiger partial charge in [0.15, 0.2) is 0 Å². The number of rotatable bonds is 19. The van der Waals surface area contributed by atoms with Gasteiger partial charge >= 0.3 is 0 Å². The molecule has 8 aromatic carbocycles. The molecule has 19 rings (SSSR count). The summed E-state index contributed by atoms with van der Waals surface area (Å²) in [4.78, 5) is 50.6. The standard InChI is InChI=1S/C31H24N6Si.C29H24N2Si.C24H21NSi.C23H20N2Si/c1-38(23-11-17-35-29(20-23)26-8-2-5-14-32-26,24-12-18-36-30(21-24)27-9-3-6-15-33-27)25-13-19-37-31(22-25)28-10-4-7-16-34-28;1-32(25-15-9-4-10-16-25,26-17-19-30-28(21-26)23-11-5-2-6-12-23)27-18-20-31-29(22-27)24-13-7-3-8-14-24;1-26(21-13-7-3-8-14-21,22-15-9-4-10-16-22)23-17-18-25-24(19-23)20-11-5-2-6-12-20;1-26(19-10-4-2-5-11-19,20-12-6-3-7-13-20)21-15-17-25-23(18-21)22-14-8-9-16-24-22/h2-22H,1H3;2-22H,1H3;2-19H,1H3;2-18H,1H3. The maximum absolute atomic E-state index is 4.69. The summed E-state index contributed by atoms with van der Waals surface area (Å²) < 4.78 is 0. The summed E-state index contributed by atoms with van der Waals surface area (Å²) in [6, 6.07) is 140. The molecular formula is C107H89N11Si4. The van der Waals surface area contributed by atoms with Crippen LogP contribution in [-0.2, 0) is 0 Å². The number of pyridine rings is 11. The number of hydrogen-bond acceptors (Lipinski definition) is 11. The van der Waals surface area contributed by atoms with Gasteiger partial charge in [0.05, 0.1) is 62.6 Å². The van der Waals surface area contributed by atoms with Crippen LogP contribution < -0.4 is 62.2 Å². The van der Waals surface area contributed by atoms with E-state index in [0.29, 0.717) is 0 Å². The number of aromatic nitrogens is 11. The second-order valence-corrected chi connectivity index (χ2v) is 46.2. The van der Waals surface area contributed by atoms with Crippen LogP contribution >= 0.6 is 0 Å². The number of nitrogens with zero attached hydrogens (tertiary/aromatic N) is 11. The van der Waals surface area contributed by atoms with E-state index < -0.39 is 32.3 Å². The minimum absolute atomic E-state index is 0.846. The third-order valence-corrected chi connectivity index (χ3v) is 40.7. The first-order valence-electron chi connectivity index (χ1n) is 40.9. The summed E-state index contributed by atoms with van der Waals surface area (Å²) in [5.41, 5.74) is 13.4. The van der Waals surface area contributed by atoms with Crippen LogP contribution in [0.1, 0.15) is 0 Å². The van der Waals surface area contributed by atoms with Crippen LogP contribution in [0.4, 0.5) is 0 Å². The van der Waals surface area contributed by atoms with E-state index in [4.69, 9.17) is 0 Å². The molecular weight excluding hydrogens is 1550 g/mol. The monoisotopic (exact) mass is 1640 g/mol. The van der Waals surface area contributed by atoms with Gasteiger partial charge in [-0.2, -0.15) is 0 Å². The van der Waals surface area contributed by atoms with Crippen molar-refractivity contribution in [1.82, 2.24) is 54.8 Å². The van der Waals surface area contributed by atoms with Crippen molar-refractivity contribution in [2.24, 2.45) is 0 Å². The molecule has 122 heavy (non-hydrogen) atoms. The second kappa shape index (κ2) is 38.3. The molecule has 11 aromatic heterocycles. The lowest BCUT2D eigenvalue weighted by Crippen LogP contribution is -2.65. The molecule has 588 valence electrons. The van der Waals surface area contributed by atoms with Crippen LogP contribution in [0.5, 0.6) is 0 Å². The van der Waals surface area contributed by atoms with Gasteiger partial charge in [-0.3, -0.25) is 54.8 Å². The second-order valence-electron chi connectivity index (χ2n) is 30.3. The van der Waals surface area contributed by atoms with E-state index in [1.165, 1.54) is 62.2 Å². The molecule has 11 nitrogen and oxygen atoms in total. The predicted molar refractivity (Wildman–Crippen MR) is 513 cm³/mol. The van der Waals surface area contributed by atoms with Crippen molar-refractivity contribution in [2.75, 3.05) is 0 Å². The summed E-state index contributed by atoms with van der Waals surface area (Å²) in [7, 11) is -9.05. The summed E-state index contributed by atoms with van der Waals surface area (Å²) >= 11 is 0. The molecule has 0 saturated carbocycles. The van der Waals surface area contributed by atoms with Gasteiger partial charge in [0.25, 0.3) is 0 Å². The van der Waals surface area contributed by atoms with Crippen molar-refractivity contribution in [2.45, 2.75) is 26.2 Å². The molecule has 0 atom stereocenters. The van der Waals surface area contributed by atoms with Crippen molar-refractivity contribution in [1.29, 1.82) is 0 Å². The summed E-state index contributed by atoms with van der Waals surface area (Å²) in [6.45, 7) is 9.63. The highest BCUT2D eigenvalue weighted by atomic mass is 28.3. The Labute approximate surface area is 718 Å². The Morgan fingerprint density at radius 1 is 0.123 bits per heavy atom. The van der Waals surface area contributed by atoms with E-state index in [-0.39, 0.29) is 0 Å². The smallest absolute Gasteiger partial charge is 0.145 e. The molecule has 0 aliphatic heterocycles. The minimum atomic E-state index is -2.57. The Hall–Kier alpha value is -14.7. The molecule has 11 heterocycles. The molecule has 0 spiro atoms. The van der Waals surface area contributed by atoms with Gasteiger partial charge in [0.1, 0.15) is 32.3 Å². The number of benzene rings is 8. The van der Waals surface area contributed by atoms with Gasteiger partial charge in [-0.05, 0) is 196 Å². The van der Waals surface area contributed by atoms with Crippen LogP contribution in [0, 0.1) is 0 Å². The fourth-order valence-corrected chi connectivity index (χ4v) is 30.1. The van der Waals surface area contributed by atoms with Crippen molar-refractivity contribution < 1.29 is 0 Å². The molecule has 0 unspecified atom stereocenters. The van der Waals surface area contributed by atoms with Crippen molar-refractivity contribution in [3.63, 3.8) is 0 Å². The summed E-state index contributed by atoms with van der Waals surface area (Å²) in [5.74, 6) is 0. The van der Waals surface area contributed by atoms with Gasteiger partial charge in [0.2, 0.25) is 0 Å². The molecule has 0 radical (unpaired) electrons. The predicted octanol–water partition coefficient (Wildman–Crippen LogP) is 16.2. The van der Waals surface area contributed by atoms with Gasteiger partial charge in [0, 0.05) is 84.9 Å². The average Bonchev–Trinajstić information content (AvgIpc) is 0.766. The average molecular weight is 1640 g/mol. The summed E-state index contributed by atoms with van der Waals surface area (Å²) in [6.07, 6.45) is 20.6. The zero-order valence-corrected chi connectivity index (χ0v) is 72.4. The van der Waals surface area contributed by atoms with Crippen molar-refractivity contribution in [3.8, 4) is 79.3 Å². The van der Waals surface area contributed by atoms with Crippen LogP contribution in [0.2, 0.25) is 26.2 Å². The first kappa shape index (κ1) is 81.0.